The molecule has 0 saturated carbocycles. The minimum atomic E-state index is -1.37. The molecule has 1 N–H and O–H groups in total. The molecule has 1 aromatic carbocycles. The third-order valence-electron chi connectivity index (χ3n) is 4.48. The molecule has 0 radical (unpaired) electrons. The van der Waals surface area contributed by atoms with Crippen molar-refractivity contribution in [2.75, 3.05) is 0 Å². The van der Waals surface area contributed by atoms with E-state index in [-0.39, 0.29) is 12.3 Å². The van der Waals surface area contributed by atoms with Crippen LogP contribution in [0.4, 0.5) is 0 Å². The molecule has 2 aromatic rings. The van der Waals surface area contributed by atoms with Gasteiger partial charge < -0.3 is 14.3 Å². The van der Waals surface area contributed by atoms with Crippen molar-refractivity contribution in [1.29, 1.82) is 0 Å². The van der Waals surface area contributed by atoms with Crippen LogP contribution in [0.25, 0.3) is 11.0 Å². The van der Waals surface area contributed by atoms with Crippen LogP contribution in [0.2, 0.25) is 0 Å². The normalized spacial score (nSPS) is 31.0. The van der Waals surface area contributed by atoms with Crippen LogP contribution in [0, 0.1) is 0 Å². The average molecular weight is 334 g/mol. The summed E-state index contributed by atoms with van der Waals surface area (Å²) in [5.41, 5.74) is 1.41. The van der Waals surface area contributed by atoms with Crippen LogP contribution < -0.4 is 10.4 Å². The maximum absolute atomic E-state index is 12.7. The summed E-state index contributed by atoms with van der Waals surface area (Å²) in [6.45, 7) is 1.62. The summed E-state index contributed by atoms with van der Waals surface area (Å²) in [6, 6.07) is 7.21. The minimum Gasteiger partial charge on any atom is -0.461 e. The number of benzene rings is 1. The maximum Gasteiger partial charge on any atom is 0.343 e. The zero-order chi connectivity index (χ0) is 17.4. The molecule has 0 bridgehead atoms. The summed E-state index contributed by atoms with van der Waals surface area (Å²) in [6.07, 6.45) is 13.8. The number of fused-ring (bicyclic) bond motifs is 3. The van der Waals surface area contributed by atoms with Gasteiger partial charge in [-0.3, -0.25) is 0 Å². The van der Waals surface area contributed by atoms with Gasteiger partial charge >= 0.3 is 5.63 Å². The van der Waals surface area contributed by atoms with Crippen LogP contribution in [0.3, 0.4) is 0 Å². The van der Waals surface area contributed by atoms with Crippen LogP contribution in [0.5, 0.6) is 5.75 Å². The summed E-state index contributed by atoms with van der Waals surface area (Å²) < 4.78 is 11.3. The monoisotopic (exact) mass is 334 g/mol. The molecule has 4 nitrogen and oxygen atoms in total. The van der Waals surface area contributed by atoms with Crippen molar-refractivity contribution in [2.24, 2.45) is 0 Å². The number of para-hydroxylation sites is 1. The summed E-state index contributed by atoms with van der Waals surface area (Å²) in [5.74, 6) is -1.28. The highest BCUT2D eigenvalue weighted by Gasteiger charge is 2.40. The smallest absolute Gasteiger partial charge is 0.343 e. The van der Waals surface area contributed by atoms with Crippen molar-refractivity contribution in [1.82, 2.24) is 0 Å². The molecule has 1 aromatic heterocycles. The highest BCUT2D eigenvalue weighted by atomic mass is 16.6. The highest BCUT2D eigenvalue weighted by molar-refractivity contribution is 5.85. The summed E-state index contributed by atoms with van der Waals surface area (Å²) >= 11 is 0. The largest absolute Gasteiger partial charge is 0.461 e. The van der Waals surface area contributed by atoms with Crippen molar-refractivity contribution in [3.8, 4) is 5.75 Å². The van der Waals surface area contributed by atoms with E-state index in [2.05, 4.69) is 0 Å². The molecule has 1 aliphatic carbocycles. The van der Waals surface area contributed by atoms with E-state index in [0.29, 0.717) is 22.3 Å². The van der Waals surface area contributed by atoms with Gasteiger partial charge in [0.1, 0.15) is 11.3 Å². The molecule has 0 amide bonds. The summed E-state index contributed by atoms with van der Waals surface area (Å²) in [5, 5.41) is 11.3. The van der Waals surface area contributed by atoms with Gasteiger partial charge in [-0.2, -0.15) is 0 Å². The molecular weight excluding hydrogens is 316 g/mol. The maximum atomic E-state index is 12.7. The van der Waals surface area contributed by atoms with Gasteiger partial charge in [-0.05, 0) is 17.7 Å². The van der Waals surface area contributed by atoms with Gasteiger partial charge in [0, 0.05) is 19.3 Å². The van der Waals surface area contributed by atoms with Gasteiger partial charge in [0.05, 0.1) is 10.9 Å². The molecule has 2 unspecified atom stereocenters. The summed E-state index contributed by atoms with van der Waals surface area (Å²) in [4.78, 5) is 12.7. The Morgan fingerprint density at radius 3 is 2.76 bits per heavy atom. The fourth-order valence-corrected chi connectivity index (χ4v) is 3.39. The van der Waals surface area contributed by atoms with Crippen molar-refractivity contribution in [3.63, 3.8) is 0 Å². The van der Waals surface area contributed by atoms with E-state index in [1.165, 1.54) is 0 Å². The molecule has 4 rings (SSSR count). The molecule has 1 aliphatic heterocycles. The quantitative estimate of drug-likeness (QED) is 0.802. The number of hydrogen-bond donors (Lipinski definition) is 1. The number of hydrogen-bond acceptors (Lipinski definition) is 4. The van der Waals surface area contributed by atoms with Gasteiger partial charge in [-0.15, -0.1) is 0 Å². The Morgan fingerprint density at radius 1 is 1.12 bits per heavy atom. The second-order valence-electron chi connectivity index (χ2n) is 6.46. The number of rotatable bonds is 1. The highest BCUT2D eigenvalue weighted by Crippen LogP contribution is 2.45. The third kappa shape index (κ3) is 2.85. The predicted octanol–water partition coefficient (Wildman–Crippen LogP) is 3.98. The molecule has 25 heavy (non-hydrogen) atoms. The Kier molecular flexibility index (Phi) is 3.70. The van der Waals surface area contributed by atoms with Gasteiger partial charge in [-0.1, -0.05) is 54.7 Å². The number of ether oxygens (including phenoxy) is 1. The number of aliphatic hydroxyl groups is 1. The van der Waals surface area contributed by atoms with Gasteiger partial charge in [0.25, 0.3) is 0 Å². The van der Waals surface area contributed by atoms with Crippen molar-refractivity contribution in [2.45, 2.75) is 25.0 Å². The van der Waals surface area contributed by atoms with Crippen LogP contribution in [0.15, 0.2) is 81.6 Å². The van der Waals surface area contributed by atoms with Gasteiger partial charge in [-0.25, -0.2) is 4.79 Å². The fourth-order valence-electron chi connectivity index (χ4n) is 3.39. The van der Waals surface area contributed by atoms with E-state index in [4.69, 9.17) is 9.15 Å². The van der Waals surface area contributed by atoms with Crippen molar-refractivity contribution >= 4 is 11.0 Å². The first-order valence-corrected chi connectivity index (χ1v) is 8.24. The van der Waals surface area contributed by atoms with E-state index in [0.717, 1.165) is 5.57 Å². The SMILES string of the molecule is CC1(O)CC(C2=C/C=C\C=C/C=C\2)c2c(c3ccccc3oc2=O)O1. The first kappa shape index (κ1) is 15.7. The van der Waals surface area contributed by atoms with E-state index < -0.39 is 11.4 Å². The molecule has 0 fully saturated rings. The summed E-state index contributed by atoms with van der Waals surface area (Å²) in [7, 11) is 0. The molecular formula is C21H18O4. The molecule has 2 aliphatic rings. The van der Waals surface area contributed by atoms with Gasteiger partial charge in [0.2, 0.25) is 5.79 Å². The van der Waals surface area contributed by atoms with E-state index in [9.17, 15) is 9.90 Å². The lowest BCUT2D eigenvalue weighted by atomic mass is 9.82. The number of allylic oxidation sites excluding steroid dienone is 8. The first-order chi connectivity index (χ1) is 12.1. The molecule has 0 saturated heterocycles. The topological polar surface area (TPSA) is 59.7 Å². The fraction of sp³-hybridized carbons (Fsp3) is 0.190. The lowest BCUT2D eigenvalue weighted by Crippen LogP contribution is -2.40. The van der Waals surface area contributed by atoms with E-state index >= 15 is 0 Å². The van der Waals surface area contributed by atoms with E-state index in [1.54, 1.807) is 19.1 Å². The second-order valence-corrected chi connectivity index (χ2v) is 6.46. The van der Waals surface area contributed by atoms with E-state index in [1.807, 2.05) is 54.7 Å². The Labute approximate surface area is 145 Å². The van der Waals surface area contributed by atoms with Gasteiger partial charge in [0.15, 0.2) is 0 Å². The van der Waals surface area contributed by atoms with Crippen LogP contribution in [-0.4, -0.2) is 10.9 Å². The molecule has 0 spiro atoms. The second kappa shape index (κ2) is 5.90. The Balaban J connectivity index is 1.97. The molecule has 4 heteroatoms. The lowest BCUT2D eigenvalue weighted by molar-refractivity contribution is -0.136. The zero-order valence-corrected chi connectivity index (χ0v) is 13.8. The molecule has 126 valence electrons. The minimum absolute atomic E-state index is 0.275. The third-order valence-corrected chi connectivity index (χ3v) is 4.48. The Morgan fingerprint density at radius 2 is 1.88 bits per heavy atom. The molecule has 2 heterocycles. The van der Waals surface area contributed by atoms with Crippen LogP contribution in [0.1, 0.15) is 24.8 Å². The Hall–Kier alpha value is -2.85. The zero-order valence-electron chi connectivity index (χ0n) is 13.8. The molecule has 2 atom stereocenters. The standard InChI is InChI=1S/C21H18O4/c1-21(23)13-16(14-9-5-3-2-4-6-10-14)18-19(25-21)15-11-7-8-12-17(15)24-20(18)22/h2-12,16,23H,13H2,1H3/b3-2-,4-2?,5-3?,6-4-,9-5-,10-6?,14-9?,14-10+. The van der Waals surface area contributed by atoms with Crippen molar-refractivity contribution < 1.29 is 14.3 Å². The lowest BCUT2D eigenvalue weighted by Gasteiger charge is -2.36. The van der Waals surface area contributed by atoms with Crippen LogP contribution >= 0.6 is 0 Å². The van der Waals surface area contributed by atoms with Crippen LogP contribution in [-0.2, 0) is 0 Å². The predicted molar refractivity (Wildman–Crippen MR) is 96.6 cm³/mol. The van der Waals surface area contributed by atoms with Crippen molar-refractivity contribution in [3.05, 3.63) is 88.4 Å². The Bertz CT molecular complexity index is 1000. The average Bonchev–Trinajstić information content (AvgIpc) is 2.53. The first-order valence-electron chi connectivity index (χ1n) is 8.24.